The summed E-state index contributed by atoms with van der Waals surface area (Å²) in [5.41, 5.74) is 7.81. The van der Waals surface area contributed by atoms with Gasteiger partial charge in [-0.3, -0.25) is 10.2 Å². The number of carbonyl (C=O) groups excluding carboxylic acids is 2. The first-order valence-electron chi connectivity index (χ1n) is 7.60. The van der Waals surface area contributed by atoms with Gasteiger partial charge in [0.2, 0.25) is 0 Å². The highest BCUT2D eigenvalue weighted by molar-refractivity contribution is 5.95. The van der Waals surface area contributed by atoms with Crippen LogP contribution in [0.1, 0.15) is 35.1 Å². The first kappa shape index (κ1) is 15.1. The summed E-state index contributed by atoms with van der Waals surface area (Å²) in [7, 11) is 0. The molecule has 0 atom stereocenters. The average molecular weight is 314 g/mol. The average Bonchev–Trinajstić information content (AvgIpc) is 3.16. The van der Waals surface area contributed by atoms with Crippen molar-refractivity contribution in [3.05, 3.63) is 47.3 Å². The fourth-order valence-corrected chi connectivity index (χ4v) is 2.74. The van der Waals surface area contributed by atoms with Gasteiger partial charge in [-0.1, -0.05) is 18.2 Å². The predicted molar refractivity (Wildman–Crippen MR) is 83.2 cm³/mol. The van der Waals surface area contributed by atoms with E-state index >= 15 is 0 Å². The molecule has 1 aromatic heterocycles. The van der Waals surface area contributed by atoms with E-state index in [2.05, 4.69) is 16.0 Å². The van der Waals surface area contributed by atoms with Crippen LogP contribution < -0.4 is 10.9 Å². The minimum absolute atomic E-state index is 0.236. The van der Waals surface area contributed by atoms with Gasteiger partial charge < -0.3 is 4.74 Å². The maximum atomic E-state index is 12.3. The Morgan fingerprint density at radius 3 is 2.74 bits per heavy atom. The molecular weight excluding hydrogens is 296 g/mol. The van der Waals surface area contributed by atoms with Crippen LogP contribution in [-0.4, -0.2) is 28.4 Å². The van der Waals surface area contributed by atoms with Crippen LogP contribution in [0.2, 0.25) is 0 Å². The normalized spacial score (nSPS) is 12.6. The van der Waals surface area contributed by atoms with Gasteiger partial charge in [0.15, 0.2) is 5.69 Å². The molecule has 0 spiro atoms. The number of hydrogen-bond acceptors (Lipinski definition) is 4. The van der Waals surface area contributed by atoms with E-state index in [1.165, 1.54) is 0 Å². The van der Waals surface area contributed by atoms with Crippen LogP contribution in [0.4, 0.5) is 4.79 Å². The van der Waals surface area contributed by atoms with E-state index in [4.69, 9.17) is 4.74 Å². The molecule has 0 fully saturated rings. The van der Waals surface area contributed by atoms with Crippen molar-refractivity contribution in [2.75, 3.05) is 6.61 Å². The van der Waals surface area contributed by atoms with Gasteiger partial charge >= 0.3 is 6.09 Å². The van der Waals surface area contributed by atoms with E-state index in [0.717, 1.165) is 36.2 Å². The molecule has 1 aliphatic carbocycles. The summed E-state index contributed by atoms with van der Waals surface area (Å²) in [6, 6.07) is 9.69. The second-order valence-electron chi connectivity index (χ2n) is 5.17. The zero-order chi connectivity index (χ0) is 16.2. The Balaban J connectivity index is 1.83. The first-order valence-corrected chi connectivity index (χ1v) is 7.60. The zero-order valence-electron chi connectivity index (χ0n) is 12.8. The maximum absolute atomic E-state index is 12.3. The molecule has 23 heavy (non-hydrogen) atoms. The van der Waals surface area contributed by atoms with Gasteiger partial charge in [0.1, 0.15) is 0 Å². The number of nitrogens with zero attached hydrogens (tertiary/aromatic N) is 2. The lowest BCUT2D eigenvalue weighted by Gasteiger charge is -2.06. The zero-order valence-corrected chi connectivity index (χ0v) is 12.8. The number of rotatable bonds is 3. The molecule has 120 valence electrons. The fraction of sp³-hybridized carbons (Fsp3) is 0.312. The van der Waals surface area contributed by atoms with Crippen LogP contribution in [0, 0.1) is 0 Å². The Hall–Kier alpha value is -2.83. The van der Waals surface area contributed by atoms with Crippen molar-refractivity contribution in [3.63, 3.8) is 0 Å². The van der Waals surface area contributed by atoms with Gasteiger partial charge in [0, 0.05) is 11.3 Å². The molecule has 7 heteroatoms. The van der Waals surface area contributed by atoms with Crippen LogP contribution in [-0.2, 0) is 17.6 Å². The number of hydrogen-bond donors (Lipinski definition) is 2. The monoisotopic (exact) mass is 314 g/mol. The van der Waals surface area contributed by atoms with Crippen molar-refractivity contribution in [2.24, 2.45) is 0 Å². The minimum atomic E-state index is -0.694. The third-order valence-corrected chi connectivity index (χ3v) is 3.70. The highest BCUT2D eigenvalue weighted by Gasteiger charge is 2.27. The molecule has 2 amide bonds. The Morgan fingerprint density at radius 2 is 2.00 bits per heavy atom. The summed E-state index contributed by atoms with van der Waals surface area (Å²) < 4.78 is 6.51. The summed E-state index contributed by atoms with van der Waals surface area (Å²) in [5.74, 6) is -0.439. The van der Waals surface area contributed by atoms with Gasteiger partial charge in [-0.25, -0.2) is 14.9 Å². The SMILES string of the molecule is CCOC(=O)NNC(=O)c1nn(-c2ccccc2)c2c1CCC2. The number of carbonyl (C=O) groups is 2. The summed E-state index contributed by atoms with van der Waals surface area (Å²) in [6.07, 6.45) is 1.99. The second kappa shape index (κ2) is 6.51. The third kappa shape index (κ3) is 3.03. The molecule has 2 N–H and O–H groups in total. The molecule has 1 heterocycles. The topological polar surface area (TPSA) is 85.2 Å². The molecule has 0 bridgehead atoms. The van der Waals surface area contributed by atoms with E-state index in [9.17, 15) is 9.59 Å². The van der Waals surface area contributed by atoms with Crippen molar-refractivity contribution in [1.29, 1.82) is 0 Å². The fourth-order valence-electron chi connectivity index (χ4n) is 2.74. The highest BCUT2D eigenvalue weighted by Crippen LogP contribution is 2.27. The van der Waals surface area contributed by atoms with Crippen molar-refractivity contribution in [2.45, 2.75) is 26.2 Å². The maximum Gasteiger partial charge on any atom is 0.426 e. The Morgan fingerprint density at radius 1 is 1.22 bits per heavy atom. The molecule has 2 aromatic rings. The van der Waals surface area contributed by atoms with E-state index in [0.29, 0.717) is 5.69 Å². The Kier molecular flexibility index (Phi) is 4.27. The number of hydrazine groups is 1. The lowest BCUT2D eigenvalue weighted by atomic mass is 10.2. The first-order chi connectivity index (χ1) is 11.2. The molecule has 0 radical (unpaired) electrons. The number of ether oxygens (including phenoxy) is 1. The summed E-state index contributed by atoms with van der Waals surface area (Å²) in [4.78, 5) is 23.6. The molecule has 0 aliphatic heterocycles. The van der Waals surface area contributed by atoms with Crippen LogP contribution in [0.15, 0.2) is 30.3 Å². The molecule has 7 nitrogen and oxygen atoms in total. The number of fused-ring (bicyclic) bond motifs is 1. The quantitative estimate of drug-likeness (QED) is 0.845. The number of aromatic nitrogens is 2. The van der Waals surface area contributed by atoms with Crippen molar-refractivity contribution >= 4 is 12.0 Å². The molecular formula is C16H18N4O3. The summed E-state index contributed by atoms with van der Waals surface area (Å²) >= 11 is 0. The molecule has 0 unspecified atom stereocenters. The molecule has 1 aliphatic rings. The second-order valence-corrected chi connectivity index (χ2v) is 5.17. The molecule has 0 saturated heterocycles. The summed E-state index contributed by atoms with van der Waals surface area (Å²) in [5, 5.41) is 4.44. The van der Waals surface area contributed by atoms with Crippen LogP contribution in [0.25, 0.3) is 5.69 Å². The van der Waals surface area contributed by atoms with E-state index in [1.54, 1.807) is 6.92 Å². The highest BCUT2D eigenvalue weighted by atomic mass is 16.5. The van der Waals surface area contributed by atoms with Crippen molar-refractivity contribution in [3.8, 4) is 5.69 Å². The number of para-hydroxylation sites is 1. The summed E-state index contributed by atoms with van der Waals surface area (Å²) in [6.45, 7) is 1.93. The Bertz CT molecular complexity index is 724. The Labute approximate surface area is 133 Å². The van der Waals surface area contributed by atoms with E-state index in [-0.39, 0.29) is 6.61 Å². The lowest BCUT2D eigenvalue weighted by Crippen LogP contribution is -2.42. The van der Waals surface area contributed by atoms with Gasteiger partial charge in [0.25, 0.3) is 5.91 Å². The van der Waals surface area contributed by atoms with Gasteiger partial charge in [-0.15, -0.1) is 0 Å². The minimum Gasteiger partial charge on any atom is -0.449 e. The van der Waals surface area contributed by atoms with Crippen molar-refractivity contribution < 1.29 is 14.3 Å². The van der Waals surface area contributed by atoms with Gasteiger partial charge in [-0.2, -0.15) is 5.10 Å². The number of nitrogens with one attached hydrogen (secondary N) is 2. The molecule has 1 aromatic carbocycles. The molecule has 0 saturated carbocycles. The third-order valence-electron chi connectivity index (χ3n) is 3.70. The van der Waals surface area contributed by atoms with Crippen LogP contribution >= 0.6 is 0 Å². The molecule has 3 rings (SSSR count). The lowest BCUT2D eigenvalue weighted by molar-refractivity contribution is 0.0906. The smallest absolute Gasteiger partial charge is 0.426 e. The van der Waals surface area contributed by atoms with Crippen LogP contribution in [0.3, 0.4) is 0 Å². The number of amides is 2. The largest absolute Gasteiger partial charge is 0.449 e. The van der Waals surface area contributed by atoms with Crippen LogP contribution in [0.5, 0.6) is 0 Å². The number of benzene rings is 1. The standard InChI is InChI=1S/C16H18N4O3/c1-2-23-16(22)18-17-15(21)14-12-9-6-10-13(12)20(19-14)11-7-4-3-5-8-11/h3-5,7-8H,2,6,9-10H2,1H3,(H,17,21)(H,18,22). The van der Waals surface area contributed by atoms with Gasteiger partial charge in [0.05, 0.1) is 12.3 Å². The van der Waals surface area contributed by atoms with Gasteiger partial charge in [-0.05, 0) is 38.3 Å². The van der Waals surface area contributed by atoms with Crippen molar-refractivity contribution in [1.82, 2.24) is 20.6 Å². The van der Waals surface area contributed by atoms with E-state index < -0.39 is 12.0 Å². The van der Waals surface area contributed by atoms with E-state index in [1.807, 2.05) is 35.0 Å². The predicted octanol–water partition coefficient (Wildman–Crippen LogP) is 1.75.